The molecule has 0 unspecified atom stereocenters. The van der Waals surface area contributed by atoms with Gasteiger partial charge in [-0.3, -0.25) is 4.79 Å². The molecule has 3 N–H and O–H groups in total. The minimum atomic E-state index is -0.174. The van der Waals surface area contributed by atoms with Gasteiger partial charge in [-0.05, 0) is 50.3 Å². The molecule has 170 valence electrons. The van der Waals surface area contributed by atoms with E-state index in [-0.39, 0.29) is 16.9 Å². The largest absolute Gasteiger partial charge is 0.493 e. The van der Waals surface area contributed by atoms with Gasteiger partial charge in [-0.1, -0.05) is 20.8 Å². The van der Waals surface area contributed by atoms with Crippen LogP contribution in [0.2, 0.25) is 0 Å². The summed E-state index contributed by atoms with van der Waals surface area (Å²) in [7, 11) is 3.35. The van der Waals surface area contributed by atoms with Crippen LogP contribution in [0.4, 0.5) is 0 Å². The molecule has 0 spiro atoms. The molecular formula is C24H43N3O3+2. The van der Waals surface area contributed by atoms with Gasteiger partial charge in [0.1, 0.15) is 32.7 Å². The summed E-state index contributed by atoms with van der Waals surface area (Å²) in [6.07, 6.45) is 0.962. The number of carbonyl (C=O) groups excluding carboxylic acids is 1. The number of methoxy groups -OCH3 is 2. The molecule has 1 aromatic carbocycles. The number of amides is 1. The molecule has 1 saturated heterocycles. The lowest BCUT2D eigenvalue weighted by Crippen LogP contribution is -3.28. The Kier molecular flexibility index (Phi) is 8.17. The fourth-order valence-corrected chi connectivity index (χ4v) is 4.81. The Morgan fingerprint density at radius 2 is 1.50 bits per heavy atom. The van der Waals surface area contributed by atoms with Crippen LogP contribution in [0.25, 0.3) is 0 Å². The highest BCUT2D eigenvalue weighted by Crippen LogP contribution is 2.30. The zero-order valence-electron chi connectivity index (χ0n) is 20.3. The van der Waals surface area contributed by atoms with Crippen LogP contribution in [-0.2, 0) is 11.3 Å². The number of ether oxygens (including phenoxy) is 2. The molecule has 1 aromatic rings. The highest BCUT2D eigenvalue weighted by molar-refractivity contribution is 5.77. The number of carbonyl (C=O) groups is 1. The van der Waals surface area contributed by atoms with Crippen molar-refractivity contribution in [3.8, 4) is 11.5 Å². The van der Waals surface area contributed by atoms with Crippen molar-refractivity contribution in [3.63, 3.8) is 0 Å². The third-order valence-electron chi connectivity index (χ3n) is 5.81. The average Bonchev–Trinajstić information content (AvgIpc) is 2.61. The molecule has 1 aliphatic rings. The first-order valence-corrected chi connectivity index (χ1v) is 11.1. The monoisotopic (exact) mass is 421 g/mol. The van der Waals surface area contributed by atoms with E-state index >= 15 is 0 Å². The van der Waals surface area contributed by atoms with Crippen LogP contribution in [0.5, 0.6) is 11.5 Å². The summed E-state index contributed by atoms with van der Waals surface area (Å²) in [5.41, 5.74) is 2.55. The topological polar surface area (TPSA) is 56.4 Å². The first-order valence-electron chi connectivity index (χ1n) is 11.1. The maximum Gasteiger partial charge on any atom is 0.275 e. The second-order valence-corrected chi connectivity index (χ2v) is 10.7. The minimum Gasteiger partial charge on any atom is -0.493 e. The molecule has 6 heteroatoms. The second kappa shape index (κ2) is 10.0. The van der Waals surface area contributed by atoms with Crippen LogP contribution in [0.3, 0.4) is 0 Å². The highest BCUT2D eigenvalue weighted by atomic mass is 16.5. The lowest BCUT2D eigenvalue weighted by molar-refractivity contribution is -1.02. The van der Waals surface area contributed by atoms with Crippen molar-refractivity contribution < 1.29 is 24.1 Å². The lowest BCUT2D eigenvalue weighted by Gasteiger charge is -2.34. The minimum absolute atomic E-state index is 0.165. The van der Waals surface area contributed by atoms with Crippen LogP contribution in [0.15, 0.2) is 12.1 Å². The molecule has 2 rings (SSSR count). The van der Waals surface area contributed by atoms with Gasteiger partial charge in [0.2, 0.25) is 0 Å². The summed E-state index contributed by atoms with van der Waals surface area (Å²) in [4.78, 5) is 15.5. The van der Waals surface area contributed by atoms with Crippen molar-refractivity contribution in [1.29, 1.82) is 0 Å². The van der Waals surface area contributed by atoms with E-state index in [2.05, 4.69) is 59.0 Å². The second-order valence-electron chi connectivity index (χ2n) is 10.7. The Morgan fingerprint density at radius 3 is 2.03 bits per heavy atom. The van der Waals surface area contributed by atoms with E-state index in [1.165, 1.54) is 16.0 Å². The van der Waals surface area contributed by atoms with Gasteiger partial charge in [-0.25, -0.2) is 0 Å². The molecule has 1 fully saturated rings. The number of nitrogens with one attached hydrogen (secondary N) is 3. The highest BCUT2D eigenvalue weighted by Gasteiger charge is 2.30. The van der Waals surface area contributed by atoms with Gasteiger partial charge in [0, 0.05) is 11.1 Å². The number of rotatable bonds is 8. The van der Waals surface area contributed by atoms with Gasteiger partial charge in [0.05, 0.1) is 14.2 Å². The first-order chi connectivity index (χ1) is 13.9. The van der Waals surface area contributed by atoms with E-state index in [0.29, 0.717) is 6.54 Å². The molecule has 0 radical (unpaired) electrons. The Labute approximate surface area is 182 Å². The van der Waals surface area contributed by atoms with Crippen molar-refractivity contribution >= 4 is 5.91 Å². The molecule has 0 aliphatic carbocycles. The van der Waals surface area contributed by atoms with Crippen molar-refractivity contribution in [2.45, 2.75) is 60.0 Å². The van der Waals surface area contributed by atoms with E-state index < -0.39 is 0 Å². The van der Waals surface area contributed by atoms with E-state index in [1.54, 1.807) is 19.1 Å². The molecule has 1 heterocycles. The predicted molar refractivity (Wildman–Crippen MR) is 121 cm³/mol. The molecule has 30 heavy (non-hydrogen) atoms. The Bertz CT molecular complexity index is 717. The Balaban J connectivity index is 1.85. The summed E-state index contributed by atoms with van der Waals surface area (Å²) in [5, 5.41) is 3.25. The van der Waals surface area contributed by atoms with Crippen LogP contribution >= 0.6 is 0 Å². The number of aryl methyl sites for hydroxylation is 1. The summed E-state index contributed by atoms with van der Waals surface area (Å²) >= 11 is 0. The van der Waals surface area contributed by atoms with Gasteiger partial charge in [-0.2, -0.15) is 0 Å². The van der Waals surface area contributed by atoms with Crippen molar-refractivity contribution in [1.82, 2.24) is 5.32 Å². The SMILES string of the molecule is COc1cc(C)c(C[NH+]2CC[NH+](CC(=O)NC(C)(C)CC(C)(C)C)CC2)cc1OC. The molecule has 1 aliphatic heterocycles. The van der Waals surface area contributed by atoms with Crippen LogP contribution in [0.1, 0.15) is 52.2 Å². The molecule has 0 saturated carbocycles. The van der Waals surface area contributed by atoms with Crippen LogP contribution in [0, 0.1) is 12.3 Å². The van der Waals surface area contributed by atoms with Crippen molar-refractivity contribution in [3.05, 3.63) is 23.3 Å². The molecule has 0 atom stereocenters. The van der Waals surface area contributed by atoms with Gasteiger partial charge in [0.15, 0.2) is 18.0 Å². The van der Waals surface area contributed by atoms with E-state index in [4.69, 9.17) is 9.47 Å². The fraction of sp³-hybridized carbons (Fsp3) is 0.708. The smallest absolute Gasteiger partial charge is 0.275 e. The van der Waals surface area contributed by atoms with Crippen LogP contribution < -0.4 is 24.6 Å². The Morgan fingerprint density at radius 1 is 0.967 bits per heavy atom. The standard InChI is InChI=1S/C24H41N3O3/c1-18-13-20(29-7)21(30-8)14-19(18)15-26-9-11-27(12-10-26)16-22(28)25-24(5,6)17-23(2,3)4/h13-14H,9-12,15-17H2,1-8H3,(H,25,28)/p+2. The average molecular weight is 422 g/mol. The Hall–Kier alpha value is -1.79. The molecule has 0 aromatic heterocycles. The van der Waals surface area contributed by atoms with E-state index in [0.717, 1.165) is 50.6 Å². The summed E-state index contributed by atoms with van der Waals surface area (Å²) in [5.74, 6) is 1.73. The number of hydrogen-bond donors (Lipinski definition) is 3. The molecule has 6 nitrogen and oxygen atoms in total. The maximum absolute atomic E-state index is 12.6. The third kappa shape index (κ3) is 7.47. The molecule has 1 amide bonds. The van der Waals surface area contributed by atoms with Crippen LogP contribution in [-0.4, -0.2) is 58.4 Å². The number of hydrogen-bond acceptors (Lipinski definition) is 3. The van der Waals surface area contributed by atoms with Gasteiger partial charge < -0.3 is 24.6 Å². The van der Waals surface area contributed by atoms with Crippen molar-refractivity contribution in [2.24, 2.45) is 5.41 Å². The summed E-state index contributed by atoms with van der Waals surface area (Å²) in [6.45, 7) is 18.8. The number of quaternary nitrogens is 2. The van der Waals surface area contributed by atoms with E-state index in [1.807, 2.05) is 0 Å². The van der Waals surface area contributed by atoms with Gasteiger partial charge >= 0.3 is 0 Å². The van der Waals surface area contributed by atoms with Gasteiger partial charge in [-0.15, -0.1) is 0 Å². The molecular weight excluding hydrogens is 378 g/mol. The summed E-state index contributed by atoms with van der Waals surface area (Å²) in [6, 6.07) is 4.16. The predicted octanol–water partition coefficient (Wildman–Crippen LogP) is 0.627. The summed E-state index contributed by atoms with van der Waals surface area (Å²) < 4.78 is 10.9. The molecule has 0 bridgehead atoms. The quantitative estimate of drug-likeness (QED) is 0.577. The van der Waals surface area contributed by atoms with Crippen molar-refractivity contribution in [2.75, 3.05) is 46.9 Å². The maximum atomic E-state index is 12.6. The normalized spacial score (nSPS) is 20.0. The number of piperazine rings is 1. The third-order valence-corrected chi connectivity index (χ3v) is 5.81. The zero-order valence-corrected chi connectivity index (χ0v) is 20.3. The lowest BCUT2D eigenvalue weighted by atomic mass is 9.82. The van der Waals surface area contributed by atoms with Gasteiger partial charge in [0.25, 0.3) is 5.91 Å². The first kappa shape index (κ1) is 24.5. The zero-order chi connectivity index (χ0) is 22.5. The number of benzene rings is 1. The van der Waals surface area contributed by atoms with E-state index in [9.17, 15) is 4.79 Å². The fourth-order valence-electron chi connectivity index (χ4n) is 4.81.